The Balaban J connectivity index is 2.45. The van der Waals surface area contributed by atoms with Crippen molar-refractivity contribution >= 4 is 31.6 Å². The molecule has 0 bridgehead atoms. The van der Waals surface area contributed by atoms with E-state index in [1.807, 2.05) is 4.72 Å². The third kappa shape index (κ3) is 3.58. The number of sulfonamides is 1. The smallest absolute Gasteiger partial charge is 0.263 e. The molecule has 0 unspecified atom stereocenters. The van der Waals surface area contributed by atoms with E-state index in [9.17, 15) is 17.2 Å². The summed E-state index contributed by atoms with van der Waals surface area (Å²) in [4.78, 5) is -0.183. The van der Waals surface area contributed by atoms with Crippen LogP contribution in [0.4, 0.5) is 14.5 Å². The molecule has 0 aliphatic heterocycles. The van der Waals surface area contributed by atoms with Gasteiger partial charge in [-0.15, -0.1) is 0 Å². The van der Waals surface area contributed by atoms with E-state index in [4.69, 9.17) is 5.11 Å². The topological polar surface area (TPSA) is 66.4 Å². The van der Waals surface area contributed by atoms with Crippen molar-refractivity contribution < 1.29 is 22.3 Å². The normalized spacial score (nSPS) is 11.4. The molecule has 2 aromatic carbocycles. The third-order valence-electron chi connectivity index (χ3n) is 2.64. The maximum atomic E-state index is 13.5. The molecule has 0 saturated heterocycles. The number of benzene rings is 2. The molecule has 2 rings (SSSR count). The van der Waals surface area contributed by atoms with Gasteiger partial charge in [0.15, 0.2) is 0 Å². The lowest BCUT2D eigenvalue weighted by molar-refractivity contribution is 0.281. The zero-order valence-electron chi connectivity index (χ0n) is 10.5. The van der Waals surface area contributed by atoms with E-state index in [0.29, 0.717) is 5.56 Å². The van der Waals surface area contributed by atoms with Crippen molar-refractivity contribution in [2.45, 2.75) is 11.5 Å². The second kappa shape index (κ2) is 6.08. The van der Waals surface area contributed by atoms with Gasteiger partial charge in [0, 0.05) is 10.5 Å². The van der Waals surface area contributed by atoms with E-state index >= 15 is 0 Å². The minimum Gasteiger partial charge on any atom is -0.392 e. The summed E-state index contributed by atoms with van der Waals surface area (Å²) >= 11 is 3.07. The van der Waals surface area contributed by atoms with Gasteiger partial charge in [-0.1, -0.05) is 6.07 Å². The summed E-state index contributed by atoms with van der Waals surface area (Å²) in [5, 5.41) is 9.05. The maximum absolute atomic E-state index is 13.5. The third-order valence-corrected chi connectivity index (χ3v) is 5.00. The van der Waals surface area contributed by atoms with Crippen LogP contribution in [0.15, 0.2) is 45.8 Å². The number of halogens is 3. The monoisotopic (exact) mass is 377 g/mol. The van der Waals surface area contributed by atoms with Crippen LogP contribution in [0.1, 0.15) is 5.56 Å². The SMILES string of the molecule is O=S(=O)(Nc1cc(F)ccc1F)c1cc(CO)ccc1Br. The molecule has 2 aromatic rings. The summed E-state index contributed by atoms with van der Waals surface area (Å²) in [6.07, 6.45) is 0. The summed E-state index contributed by atoms with van der Waals surface area (Å²) < 4.78 is 53.3. The van der Waals surface area contributed by atoms with Crippen LogP contribution in [-0.2, 0) is 16.6 Å². The number of hydrogen-bond donors (Lipinski definition) is 2. The van der Waals surface area contributed by atoms with Crippen LogP contribution in [-0.4, -0.2) is 13.5 Å². The van der Waals surface area contributed by atoms with E-state index in [0.717, 1.165) is 18.2 Å². The molecule has 21 heavy (non-hydrogen) atoms. The highest BCUT2D eigenvalue weighted by atomic mass is 79.9. The van der Waals surface area contributed by atoms with Crippen molar-refractivity contribution in [3.8, 4) is 0 Å². The van der Waals surface area contributed by atoms with Gasteiger partial charge in [0.2, 0.25) is 0 Å². The van der Waals surface area contributed by atoms with Crippen LogP contribution in [0.25, 0.3) is 0 Å². The van der Waals surface area contributed by atoms with Crippen molar-refractivity contribution in [3.63, 3.8) is 0 Å². The van der Waals surface area contributed by atoms with Gasteiger partial charge in [-0.25, -0.2) is 17.2 Å². The molecule has 0 amide bonds. The van der Waals surface area contributed by atoms with Crippen molar-refractivity contribution in [3.05, 3.63) is 58.1 Å². The summed E-state index contributed by atoms with van der Waals surface area (Å²) in [7, 11) is -4.13. The van der Waals surface area contributed by atoms with Gasteiger partial charge >= 0.3 is 0 Å². The van der Waals surface area contributed by atoms with Gasteiger partial charge in [0.25, 0.3) is 10.0 Å². The highest BCUT2D eigenvalue weighted by Crippen LogP contribution is 2.26. The molecular formula is C13H10BrF2NO3S. The molecule has 0 spiro atoms. The number of nitrogens with one attached hydrogen (secondary N) is 1. The molecule has 4 nitrogen and oxygen atoms in total. The van der Waals surface area contributed by atoms with Gasteiger partial charge in [-0.2, -0.15) is 0 Å². The zero-order valence-corrected chi connectivity index (χ0v) is 12.9. The van der Waals surface area contributed by atoms with Crippen molar-refractivity contribution in [1.82, 2.24) is 0 Å². The fourth-order valence-corrected chi connectivity index (χ4v) is 3.70. The van der Waals surface area contributed by atoms with Crippen LogP contribution in [0.5, 0.6) is 0 Å². The Hall–Kier alpha value is -1.51. The van der Waals surface area contributed by atoms with E-state index in [1.165, 1.54) is 18.2 Å². The lowest BCUT2D eigenvalue weighted by atomic mass is 10.2. The highest BCUT2D eigenvalue weighted by molar-refractivity contribution is 9.10. The number of aliphatic hydroxyl groups excluding tert-OH is 1. The second-order valence-electron chi connectivity index (χ2n) is 4.15. The Morgan fingerprint density at radius 2 is 1.86 bits per heavy atom. The molecule has 0 saturated carbocycles. The first-order valence-corrected chi connectivity index (χ1v) is 7.98. The maximum Gasteiger partial charge on any atom is 0.263 e. The molecule has 0 radical (unpaired) electrons. The fraction of sp³-hybridized carbons (Fsp3) is 0.0769. The number of anilines is 1. The quantitative estimate of drug-likeness (QED) is 0.860. The van der Waals surface area contributed by atoms with Crippen LogP contribution >= 0.6 is 15.9 Å². The van der Waals surface area contributed by atoms with Gasteiger partial charge in [-0.05, 0) is 45.8 Å². The van der Waals surface area contributed by atoms with Gasteiger partial charge in [-0.3, -0.25) is 4.72 Å². The molecule has 0 aliphatic rings. The minimum absolute atomic E-state index is 0.183. The minimum atomic E-state index is -4.13. The lowest BCUT2D eigenvalue weighted by Gasteiger charge is -2.11. The van der Waals surface area contributed by atoms with Crippen LogP contribution in [0.2, 0.25) is 0 Å². The van der Waals surface area contributed by atoms with Gasteiger partial charge in [0.05, 0.1) is 12.3 Å². The number of aliphatic hydroxyl groups is 1. The predicted molar refractivity (Wildman–Crippen MR) is 77.2 cm³/mol. The molecule has 0 fully saturated rings. The van der Waals surface area contributed by atoms with Crippen LogP contribution in [0.3, 0.4) is 0 Å². The van der Waals surface area contributed by atoms with Gasteiger partial charge < -0.3 is 5.11 Å². The molecule has 0 atom stereocenters. The van der Waals surface area contributed by atoms with Crippen molar-refractivity contribution in [2.24, 2.45) is 0 Å². The van der Waals surface area contributed by atoms with E-state index in [1.54, 1.807) is 0 Å². The molecule has 112 valence electrons. The second-order valence-corrected chi connectivity index (χ2v) is 6.66. The Kier molecular flexibility index (Phi) is 4.60. The first-order valence-electron chi connectivity index (χ1n) is 5.70. The Morgan fingerprint density at radius 1 is 1.14 bits per heavy atom. The van der Waals surface area contributed by atoms with Crippen LogP contribution in [0, 0.1) is 11.6 Å². The molecule has 2 N–H and O–H groups in total. The lowest BCUT2D eigenvalue weighted by Crippen LogP contribution is -2.15. The summed E-state index contributed by atoms with van der Waals surface area (Å²) in [6, 6.07) is 6.68. The first kappa shape index (κ1) is 15.9. The largest absolute Gasteiger partial charge is 0.392 e. The van der Waals surface area contributed by atoms with E-state index < -0.39 is 27.3 Å². The Morgan fingerprint density at radius 3 is 2.52 bits per heavy atom. The Bertz CT molecular complexity index is 781. The highest BCUT2D eigenvalue weighted by Gasteiger charge is 2.20. The summed E-state index contributed by atoms with van der Waals surface area (Å²) in [6.45, 7) is -0.343. The molecule has 0 aliphatic carbocycles. The van der Waals surface area contributed by atoms with Crippen molar-refractivity contribution in [2.75, 3.05) is 4.72 Å². The fourth-order valence-electron chi connectivity index (χ4n) is 1.63. The van der Waals surface area contributed by atoms with Crippen molar-refractivity contribution in [1.29, 1.82) is 0 Å². The standard InChI is InChI=1S/C13H10BrF2NO3S/c14-10-3-1-8(7-18)5-13(10)21(19,20)17-12-6-9(15)2-4-11(12)16/h1-6,17-18H,7H2. The zero-order chi connectivity index (χ0) is 15.6. The van der Waals surface area contributed by atoms with E-state index in [-0.39, 0.29) is 16.0 Å². The number of hydrogen-bond acceptors (Lipinski definition) is 3. The summed E-state index contributed by atoms with van der Waals surface area (Å²) in [5.41, 5.74) is -0.116. The molecule has 8 heteroatoms. The van der Waals surface area contributed by atoms with Gasteiger partial charge in [0.1, 0.15) is 16.5 Å². The van der Waals surface area contributed by atoms with Crippen LogP contribution < -0.4 is 4.72 Å². The Labute approximate surface area is 128 Å². The average Bonchev–Trinajstić information content (AvgIpc) is 2.43. The molecule has 0 heterocycles. The molecule has 0 aromatic heterocycles. The predicted octanol–water partition coefficient (Wildman–Crippen LogP) is 3.02. The first-order chi connectivity index (χ1) is 9.83. The average molecular weight is 378 g/mol. The molecular weight excluding hydrogens is 368 g/mol. The summed E-state index contributed by atoms with van der Waals surface area (Å²) in [5.74, 6) is -1.66. The number of rotatable bonds is 4. The van der Waals surface area contributed by atoms with E-state index in [2.05, 4.69) is 15.9 Å².